The highest BCUT2D eigenvalue weighted by Crippen LogP contribution is 2.44. The van der Waals surface area contributed by atoms with Crippen LogP contribution in [0.25, 0.3) is 11.1 Å². The summed E-state index contributed by atoms with van der Waals surface area (Å²) in [5, 5.41) is 5.28. The van der Waals surface area contributed by atoms with Crippen molar-refractivity contribution in [3.8, 4) is 11.1 Å². The Hall–Kier alpha value is -5.24. The van der Waals surface area contributed by atoms with Crippen LogP contribution in [-0.4, -0.2) is 110 Å². The van der Waals surface area contributed by atoms with E-state index in [2.05, 4.69) is 29.3 Å². The van der Waals surface area contributed by atoms with Gasteiger partial charge in [-0.05, 0) is 74.8 Å². The summed E-state index contributed by atoms with van der Waals surface area (Å²) in [5.74, 6) is -2.74. The van der Waals surface area contributed by atoms with Gasteiger partial charge in [0.1, 0.15) is 31.3 Å². The number of alkyl carbamates (subject to hydrolysis) is 2. The summed E-state index contributed by atoms with van der Waals surface area (Å²) in [7, 11) is 3.22. The second kappa shape index (κ2) is 22.6. The summed E-state index contributed by atoms with van der Waals surface area (Å²) in [4.78, 5) is 80.7. The molecule has 1 aliphatic carbocycles. The molecule has 0 fully saturated rings. The van der Waals surface area contributed by atoms with E-state index in [9.17, 15) is 28.8 Å². The highest BCUT2D eigenvalue weighted by molar-refractivity contribution is 5.89. The number of benzene rings is 2. The SMILES string of the molecule is C=CC[C@@H](C)[C@@H](OC(=O)CN(C)C(=O)[C@H](CCCCNC(=O)OCC1c2ccccc2-c2ccccc21)NC(=O)OC(C)OC(C)=O)[C@@H](C(=O)C(C)C)N(C)C(C)C. The molecular weight excluding hydrogens is 745 g/mol. The van der Waals surface area contributed by atoms with Gasteiger partial charge in [0.2, 0.25) is 12.2 Å². The standard InChI is InChI=1S/C44H62N4O10/c1-11-18-29(6)41(39(40(51)27(2)3)48(10)28(4)5)58-38(50)25-47(9)42(52)37(46-44(54)57-31(8)56-30(7)49)23-16-17-24-45-43(53)55-26-36-34-21-14-12-19-32(34)33-20-13-15-22-35(33)36/h11-15,19-22,27-29,31,36-37,39,41H,1,16-18,23-26H2,2-10H3,(H,45,53)(H,46,54)/t29-,31?,37+,39-,41-/m1/s1. The maximum Gasteiger partial charge on any atom is 0.410 e. The van der Waals surface area contributed by atoms with Crippen molar-refractivity contribution in [3.05, 3.63) is 72.3 Å². The summed E-state index contributed by atoms with van der Waals surface area (Å²) in [5.41, 5.74) is 4.45. The maximum atomic E-state index is 13.8. The zero-order chi connectivity index (χ0) is 43.1. The molecule has 14 heteroatoms. The van der Waals surface area contributed by atoms with Crippen LogP contribution in [0.1, 0.15) is 91.2 Å². The molecule has 2 aromatic rings. The number of fused-ring (bicyclic) bond motifs is 3. The Morgan fingerprint density at radius 3 is 1.98 bits per heavy atom. The number of ether oxygens (including phenoxy) is 4. The largest absolute Gasteiger partial charge is 0.459 e. The molecule has 5 atom stereocenters. The lowest BCUT2D eigenvalue weighted by Gasteiger charge is -2.39. The summed E-state index contributed by atoms with van der Waals surface area (Å²) in [6, 6.07) is 14.2. The predicted octanol–water partition coefficient (Wildman–Crippen LogP) is 6.22. The molecule has 2 N–H and O–H groups in total. The molecule has 3 amide bonds. The number of unbranched alkanes of at least 4 members (excludes halogenated alkanes) is 1. The second-order valence-electron chi connectivity index (χ2n) is 15.4. The average Bonchev–Trinajstić information content (AvgIpc) is 3.48. The zero-order valence-electron chi connectivity index (χ0n) is 35.4. The first-order valence-electron chi connectivity index (χ1n) is 20.0. The van der Waals surface area contributed by atoms with E-state index in [1.54, 1.807) is 19.9 Å². The molecule has 1 unspecified atom stereocenters. The van der Waals surface area contributed by atoms with Crippen LogP contribution in [0.15, 0.2) is 61.2 Å². The summed E-state index contributed by atoms with van der Waals surface area (Å²) >= 11 is 0. The van der Waals surface area contributed by atoms with Crippen molar-refractivity contribution in [3.63, 3.8) is 0 Å². The monoisotopic (exact) mass is 806 g/mol. The molecule has 0 aliphatic heterocycles. The fourth-order valence-corrected chi connectivity index (χ4v) is 7.03. The van der Waals surface area contributed by atoms with Gasteiger partial charge in [0, 0.05) is 45.3 Å². The first-order valence-corrected chi connectivity index (χ1v) is 20.0. The van der Waals surface area contributed by atoms with Gasteiger partial charge >= 0.3 is 24.1 Å². The van der Waals surface area contributed by atoms with Gasteiger partial charge < -0.3 is 34.5 Å². The number of amides is 3. The minimum absolute atomic E-state index is 0.0293. The number of nitrogens with zero attached hydrogens (tertiary/aromatic N) is 2. The van der Waals surface area contributed by atoms with Crippen molar-refractivity contribution < 1.29 is 47.7 Å². The van der Waals surface area contributed by atoms with Crippen LogP contribution in [-0.2, 0) is 38.1 Å². The van der Waals surface area contributed by atoms with Crippen LogP contribution >= 0.6 is 0 Å². The number of allylic oxidation sites excluding steroid dienone is 1. The Labute approximate surface area is 343 Å². The lowest BCUT2D eigenvalue weighted by atomic mass is 9.87. The second-order valence-corrected chi connectivity index (χ2v) is 15.4. The van der Waals surface area contributed by atoms with Crippen LogP contribution in [0.2, 0.25) is 0 Å². The fraction of sp³-hybridized carbons (Fsp3) is 0.545. The van der Waals surface area contributed by atoms with Crippen LogP contribution in [0, 0.1) is 11.8 Å². The molecule has 14 nitrogen and oxygen atoms in total. The summed E-state index contributed by atoms with van der Waals surface area (Å²) in [6.45, 7) is 15.7. The van der Waals surface area contributed by atoms with E-state index in [0.29, 0.717) is 19.3 Å². The Bertz CT molecular complexity index is 1700. The molecule has 0 saturated heterocycles. The lowest BCUT2D eigenvalue weighted by Crippen LogP contribution is -2.55. The topological polar surface area (TPSA) is 170 Å². The molecule has 2 aromatic carbocycles. The van der Waals surface area contributed by atoms with Gasteiger partial charge in [-0.1, -0.05) is 75.4 Å². The molecular formula is C44H62N4O10. The Morgan fingerprint density at radius 1 is 0.828 bits per heavy atom. The van der Waals surface area contributed by atoms with Crippen molar-refractivity contribution >= 4 is 35.8 Å². The lowest BCUT2D eigenvalue weighted by molar-refractivity contribution is -0.162. The van der Waals surface area contributed by atoms with Gasteiger partial charge in [-0.25, -0.2) is 9.59 Å². The van der Waals surface area contributed by atoms with Crippen molar-refractivity contribution in [2.75, 3.05) is 33.8 Å². The Balaban J connectivity index is 1.63. The van der Waals surface area contributed by atoms with Crippen LogP contribution in [0.3, 0.4) is 0 Å². The molecule has 0 aromatic heterocycles. The molecule has 3 rings (SSSR count). The quantitative estimate of drug-likeness (QED) is 0.0456. The maximum absolute atomic E-state index is 13.8. The van der Waals surface area contributed by atoms with Gasteiger partial charge in [0.15, 0.2) is 5.78 Å². The Morgan fingerprint density at radius 2 is 1.43 bits per heavy atom. The van der Waals surface area contributed by atoms with E-state index in [1.165, 1.54) is 20.9 Å². The van der Waals surface area contributed by atoms with E-state index < -0.39 is 61.1 Å². The van der Waals surface area contributed by atoms with Gasteiger partial charge in [0.05, 0.1) is 0 Å². The number of nitrogens with one attached hydrogen (secondary N) is 2. The highest BCUT2D eigenvalue weighted by atomic mass is 16.7. The van der Waals surface area contributed by atoms with Gasteiger partial charge in [-0.3, -0.25) is 24.1 Å². The van der Waals surface area contributed by atoms with Crippen molar-refractivity contribution in [2.45, 2.75) is 111 Å². The molecule has 0 bridgehead atoms. The number of likely N-dealkylation sites (N-methyl/N-ethyl adjacent to an activating group) is 2. The van der Waals surface area contributed by atoms with Gasteiger partial charge in [0.25, 0.3) is 0 Å². The van der Waals surface area contributed by atoms with Gasteiger partial charge in [-0.15, -0.1) is 6.58 Å². The first kappa shape index (κ1) is 47.1. The third-order valence-corrected chi connectivity index (χ3v) is 10.3. The minimum atomic E-state index is -1.22. The van der Waals surface area contributed by atoms with E-state index in [-0.39, 0.29) is 49.2 Å². The number of esters is 2. The fourth-order valence-electron chi connectivity index (χ4n) is 7.03. The third kappa shape index (κ3) is 13.4. The van der Waals surface area contributed by atoms with E-state index >= 15 is 0 Å². The molecule has 0 spiro atoms. The number of rotatable bonds is 22. The van der Waals surface area contributed by atoms with Crippen molar-refractivity contribution in [2.24, 2.45) is 11.8 Å². The van der Waals surface area contributed by atoms with Crippen LogP contribution in [0.5, 0.6) is 0 Å². The number of carbonyl (C=O) groups excluding carboxylic acids is 6. The van der Waals surface area contributed by atoms with E-state index in [4.69, 9.17) is 18.9 Å². The number of carbonyl (C=O) groups is 6. The molecule has 0 heterocycles. The molecule has 0 radical (unpaired) electrons. The van der Waals surface area contributed by atoms with Crippen molar-refractivity contribution in [1.29, 1.82) is 0 Å². The number of hydrogen-bond acceptors (Lipinski definition) is 11. The number of Topliss-reactive ketones (excluding diaryl/α,β-unsaturated/α-hetero) is 1. The Kier molecular flexibility index (Phi) is 18.4. The predicted molar refractivity (Wildman–Crippen MR) is 220 cm³/mol. The van der Waals surface area contributed by atoms with Crippen LogP contribution < -0.4 is 10.6 Å². The minimum Gasteiger partial charge on any atom is -0.459 e. The van der Waals surface area contributed by atoms with Crippen molar-refractivity contribution in [1.82, 2.24) is 20.4 Å². The van der Waals surface area contributed by atoms with Gasteiger partial charge in [-0.2, -0.15) is 0 Å². The molecule has 58 heavy (non-hydrogen) atoms. The summed E-state index contributed by atoms with van der Waals surface area (Å²) in [6.07, 6.45) is -0.525. The number of hydrogen-bond donors (Lipinski definition) is 2. The molecule has 318 valence electrons. The van der Waals surface area contributed by atoms with E-state index in [0.717, 1.165) is 27.2 Å². The summed E-state index contributed by atoms with van der Waals surface area (Å²) < 4.78 is 21.6. The first-order chi connectivity index (χ1) is 27.5. The molecule has 0 saturated carbocycles. The number of ketones is 1. The normalized spacial score (nSPS) is 14.6. The molecule has 1 aliphatic rings. The zero-order valence-corrected chi connectivity index (χ0v) is 35.4. The third-order valence-electron chi connectivity index (χ3n) is 10.3. The van der Waals surface area contributed by atoms with Crippen LogP contribution in [0.4, 0.5) is 9.59 Å². The smallest absolute Gasteiger partial charge is 0.410 e. The van der Waals surface area contributed by atoms with E-state index in [1.807, 2.05) is 69.1 Å². The highest BCUT2D eigenvalue weighted by Gasteiger charge is 2.40. The average molecular weight is 807 g/mol.